The zero-order valence-electron chi connectivity index (χ0n) is 15.3. The summed E-state index contributed by atoms with van der Waals surface area (Å²) in [6.45, 7) is 1.69. The van der Waals surface area contributed by atoms with E-state index in [0.29, 0.717) is 10.0 Å². The Labute approximate surface area is 173 Å². The first kappa shape index (κ1) is 18.9. The molecule has 0 radical (unpaired) electrons. The van der Waals surface area contributed by atoms with Crippen molar-refractivity contribution in [2.24, 2.45) is 5.73 Å². The van der Waals surface area contributed by atoms with Crippen LogP contribution in [0.5, 0.6) is 0 Å². The summed E-state index contributed by atoms with van der Waals surface area (Å²) in [4.78, 5) is 17.7. The summed E-state index contributed by atoms with van der Waals surface area (Å²) in [5.74, 6) is -0.362. The van der Waals surface area contributed by atoms with Crippen LogP contribution in [0.15, 0.2) is 54.7 Å². The molecule has 3 aromatic rings. The van der Waals surface area contributed by atoms with Crippen molar-refractivity contribution in [1.82, 2.24) is 9.88 Å². The van der Waals surface area contributed by atoms with Gasteiger partial charge in [0.25, 0.3) is 5.91 Å². The van der Waals surface area contributed by atoms with E-state index in [-0.39, 0.29) is 11.6 Å². The zero-order valence-corrected chi connectivity index (χ0v) is 16.8. The largest absolute Gasteiger partial charge is 0.364 e. The van der Waals surface area contributed by atoms with Crippen LogP contribution in [0.4, 0.5) is 0 Å². The summed E-state index contributed by atoms with van der Waals surface area (Å²) < 4.78 is 0. The second-order valence-electron chi connectivity index (χ2n) is 7.13. The first-order valence-corrected chi connectivity index (χ1v) is 9.70. The minimum absolute atomic E-state index is 0.169. The fourth-order valence-corrected chi connectivity index (χ4v) is 4.34. The highest BCUT2D eigenvalue weighted by Crippen LogP contribution is 2.39. The molecule has 2 heterocycles. The van der Waals surface area contributed by atoms with Crippen LogP contribution < -0.4 is 5.73 Å². The average Bonchev–Trinajstić information content (AvgIpc) is 2.68. The van der Waals surface area contributed by atoms with Gasteiger partial charge in [-0.25, -0.2) is 0 Å². The topological polar surface area (TPSA) is 59.2 Å². The SMILES string of the molecule is CN1Cc2c(Cl)cc(Cl)cc2[C@H](c2cccc(-c3ccc(C(N)=O)nc3)c2)C1. The van der Waals surface area contributed by atoms with E-state index in [0.717, 1.165) is 29.8 Å². The molecule has 1 aliphatic heterocycles. The van der Waals surface area contributed by atoms with Crippen molar-refractivity contribution in [1.29, 1.82) is 0 Å². The van der Waals surface area contributed by atoms with Crippen molar-refractivity contribution in [2.45, 2.75) is 12.5 Å². The number of halogens is 2. The van der Waals surface area contributed by atoms with Gasteiger partial charge < -0.3 is 10.6 Å². The van der Waals surface area contributed by atoms with Crippen LogP contribution in [-0.4, -0.2) is 29.4 Å². The lowest BCUT2D eigenvalue weighted by molar-refractivity contribution is 0.0995. The third-order valence-electron chi connectivity index (χ3n) is 5.13. The summed E-state index contributed by atoms with van der Waals surface area (Å²) in [5, 5.41) is 1.36. The van der Waals surface area contributed by atoms with Gasteiger partial charge in [-0.2, -0.15) is 0 Å². The number of likely N-dealkylation sites (N-methyl/N-ethyl adjacent to an activating group) is 1. The second-order valence-corrected chi connectivity index (χ2v) is 7.97. The number of pyridine rings is 1. The molecule has 6 heteroatoms. The highest BCUT2D eigenvalue weighted by Gasteiger charge is 2.27. The number of aromatic nitrogens is 1. The summed E-state index contributed by atoms with van der Waals surface area (Å²) in [6, 6.07) is 15.7. The molecular weight excluding hydrogens is 393 g/mol. The van der Waals surface area contributed by atoms with Crippen molar-refractivity contribution in [2.75, 3.05) is 13.6 Å². The molecule has 0 saturated carbocycles. The number of primary amides is 1. The molecule has 2 aromatic carbocycles. The Balaban J connectivity index is 1.75. The van der Waals surface area contributed by atoms with E-state index < -0.39 is 5.91 Å². The van der Waals surface area contributed by atoms with Gasteiger partial charge in [-0.15, -0.1) is 0 Å². The van der Waals surface area contributed by atoms with Crippen LogP contribution in [0.1, 0.15) is 33.1 Å². The van der Waals surface area contributed by atoms with Crippen molar-refractivity contribution < 1.29 is 4.79 Å². The number of carbonyl (C=O) groups is 1. The highest BCUT2D eigenvalue weighted by atomic mass is 35.5. The van der Waals surface area contributed by atoms with Gasteiger partial charge in [0.15, 0.2) is 0 Å². The van der Waals surface area contributed by atoms with Crippen molar-refractivity contribution in [3.05, 3.63) is 87.2 Å². The van der Waals surface area contributed by atoms with Gasteiger partial charge in [0, 0.05) is 40.8 Å². The highest BCUT2D eigenvalue weighted by molar-refractivity contribution is 6.35. The number of nitrogens with two attached hydrogens (primary N) is 1. The van der Waals surface area contributed by atoms with Gasteiger partial charge in [-0.3, -0.25) is 9.78 Å². The molecule has 4 rings (SSSR count). The summed E-state index contributed by atoms with van der Waals surface area (Å²) in [5.41, 5.74) is 11.0. The first-order chi connectivity index (χ1) is 13.4. The smallest absolute Gasteiger partial charge is 0.267 e. The number of amides is 1. The van der Waals surface area contributed by atoms with Crippen LogP contribution in [0.25, 0.3) is 11.1 Å². The molecule has 1 aromatic heterocycles. The molecular formula is C22H19Cl2N3O. The van der Waals surface area contributed by atoms with Gasteiger partial charge in [-0.1, -0.05) is 53.5 Å². The van der Waals surface area contributed by atoms with E-state index in [2.05, 4.69) is 29.1 Å². The monoisotopic (exact) mass is 411 g/mol. The summed E-state index contributed by atoms with van der Waals surface area (Å²) in [7, 11) is 2.09. The Morgan fingerprint density at radius 3 is 2.68 bits per heavy atom. The van der Waals surface area contributed by atoms with E-state index in [1.165, 1.54) is 11.1 Å². The fourth-order valence-electron chi connectivity index (χ4n) is 3.78. The number of fused-ring (bicyclic) bond motifs is 1. The summed E-state index contributed by atoms with van der Waals surface area (Å²) >= 11 is 12.8. The van der Waals surface area contributed by atoms with Crippen LogP contribution >= 0.6 is 23.2 Å². The van der Waals surface area contributed by atoms with E-state index in [1.54, 1.807) is 18.3 Å². The molecule has 0 spiro atoms. The van der Waals surface area contributed by atoms with Gasteiger partial charge in [-0.05, 0) is 47.5 Å². The third-order valence-corrected chi connectivity index (χ3v) is 5.69. The number of benzene rings is 2. The normalized spacial score (nSPS) is 16.6. The molecule has 0 bridgehead atoms. The third kappa shape index (κ3) is 3.63. The number of hydrogen-bond donors (Lipinski definition) is 1. The molecule has 0 fully saturated rings. The molecule has 1 amide bonds. The van der Waals surface area contributed by atoms with Crippen LogP contribution in [0, 0.1) is 0 Å². The van der Waals surface area contributed by atoms with Gasteiger partial charge in [0.1, 0.15) is 5.69 Å². The van der Waals surface area contributed by atoms with Gasteiger partial charge >= 0.3 is 0 Å². The molecule has 0 saturated heterocycles. The summed E-state index contributed by atoms with van der Waals surface area (Å²) in [6.07, 6.45) is 1.67. The van der Waals surface area contributed by atoms with Crippen LogP contribution in [0.3, 0.4) is 0 Å². The van der Waals surface area contributed by atoms with Crippen LogP contribution in [-0.2, 0) is 6.54 Å². The molecule has 0 unspecified atom stereocenters. The Hall–Kier alpha value is -2.40. The number of hydrogen-bond acceptors (Lipinski definition) is 3. The van der Waals surface area contributed by atoms with Crippen LogP contribution in [0.2, 0.25) is 10.0 Å². The van der Waals surface area contributed by atoms with Crippen molar-refractivity contribution >= 4 is 29.1 Å². The predicted molar refractivity (Wildman–Crippen MR) is 113 cm³/mol. The minimum atomic E-state index is -0.532. The van der Waals surface area contributed by atoms with E-state index in [9.17, 15) is 4.79 Å². The molecule has 4 nitrogen and oxygen atoms in total. The maximum Gasteiger partial charge on any atom is 0.267 e. The Bertz CT molecular complexity index is 1050. The molecule has 1 atom stereocenters. The molecule has 142 valence electrons. The Morgan fingerprint density at radius 1 is 1.14 bits per heavy atom. The van der Waals surface area contributed by atoms with E-state index in [4.69, 9.17) is 28.9 Å². The number of rotatable bonds is 3. The minimum Gasteiger partial charge on any atom is -0.364 e. The lowest BCUT2D eigenvalue weighted by Crippen LogP contribution is -2.31. The lowest BCUT2D eigenvalue weighted by atomic mass is 9.84. The number of nitrogens with zero attached hydrogens (tertiary/aromatic N) is 2. The van der Waals surface area contributed by atoms with Crippen molar-refractivity contribution in [3.8, 4) is 11.1 Å². The van der Waals surface area contributed by atoms with Gasteiger partial charge in [0.05, 0.1) is 0 Å². The van der Waals surface area contributed by atoms with Crippen molar-refractivity contribution in [3.63, 3.8) is 0 Å². The maximum absolute atomic E-state index is 11.2. The molecule has 1 aliphatic rings. The van der Waals surface area contributed by atoms with Gasteiger partial charge in [0.2, 0.25) is 0 Å². The lowest BCUT2D eigenvalue weighted by Gasteiger charge is -2.33. The van der Waals surface area contributed by atoms with E-state index in [1.807, 2.05) is 24.3 Å². The Kier molecular flexibility index (Phi) is 5.11. The standard InChI is InChI=1S/C22H19Cl2N3O/c1-27-11-18(17-8-16(23)9-20(24)19(17)12-27)14-4-2-3-13(7-14)15-5-6-21(22(25)28)26-10-15/h2-10,18H,11-12H2,1H3,(H2,25,28)/t18-/m0/s1. The predicted octanol–water partition coefficient (Wildman–Crippen LogP) is 4.73. The van der Waals surface area contributed by atoms with E-state index >= 15 is 0 Å². The number of carbonyl (C=O) groups excluding carboxylic acids is 1. The maximum atomic E-state index is 11.2. The second kappa shape index (κ2) is 7.55. The first-order valence-electron chi connectivity index (χ1n) is 8.95. The molecule has 28 heavy (non-hydrogen) atoms. The molecule has 0 aliphatic carbocycles. The zero-order chi connectivity index (χ0) is 19.8. The Morgan fingerprint density at radius 2 is 1.96 bits per heavy atom. The average molecular weight is 412 g/mol. The quantitative estimate of drug-likeness (QED) is 0.677. The fraction of sp³-hybridized carbons (Fsp3) is 0.182. The molecule has 2 N–H and O–H groups in total.